The van der Waals surface area contributed by atoms with Crippen molar-refractivity contribution < 1.29 is 13.2 Å². The average molecular weight is 425 g/mol. The van der Waals surface area contributed by atoms with Crippen molar-refractivity contribution in [3.05, 3.63) is 42.3 Å². The first kappa shape index (κ1) is 18.7. The van der Waals surface area contributed by atoms with Gasteiger partial charge in [-0.2, -0.15) is 13.6 Å². The van der Waals surface area contributed by atoms with Crippen LogP contribution in [0.2, 0.25) is 0 Å². The van der Waals surface area contributed by atoms with Gasteiger partial charge in [0.1, 0.15) is 6.54 Å². The van der Waals surface area contributed by atoms with Crippen molar-refractivity contribution in [2.75, 3.05) is 5.73 Å². The summed E-state index contributed by atoms with van der Waals surface area (Å²) < 4.78 is 31.8. The number of tetrazole rings is 1. The summed E-state index contributed by atoms with van der Waals surface area (Å²) in [5.41, 5.74) is 8.51. The van der Waals surface area contributed by atoms with Crippen molar-refractivity contribution in [1.29, 1.82) is 0 Å². The Labute approximate surface area is 171 Å². The summed E-state index contributed by atoms with van der Waals surface area (Å²) >= 11 is 0. The molecule has 156 valence electrons. The summed E-state index contributed by atoms with van der Waals surface area (Å²) in [5.74, 6) is 0.358. The number of nitrogens with two attached hydrogens (primary N) is 1. The van der Waals surface area contributed by atoms with Gasteiger partial charge in [-0.3, -0.25) is 0 Å². The molecule has 0 bridgehead atoms. The van der Waals surface area contributed by atoms with E-state index in [2.05, 4.69) is 40.6 Å². The van der Waals surface area contributed by atoms with E-state index in [0.29, 0.717) is 23.2 Å². The van der Waals surface area contributed by atoms with Gasteiger partial charge in [0, 0.05) is 25.0 Å². The van der Waals surface area contributed by atoms with E-state index in [4.69, 9.17) is 10.2 Å². The third-order valence-corrected chi connectivity index (χ3v) is 4.49. The van der Waals surface area contributed by atoms with Gasteiger partial charge in [0.25, 0.3) is 11.8 Å². The lowest BCUT2D eigenvalue weighted by Crippen LogP contribution is -2.07. The molecule has 0 fully saturated rings. The molecular weight excluding hydrogens is 412 g/mol. The number of fused-ring (bicyclic) bond motifs is 1. The highest BCUT2D eigenvalue weighted by Gasteiger charge is 2.17. The van der Waals surface area contributed by atoms with Gasteiger partial charge in [0.15, 0.2) is 5.82 Å². The topological polar surface area (TPSA) is 152 Å². The Balaban J connectivity index is 1.33. The van der Waals surface area contributed by atoms with E-state index in [1.807, 2.05) is 25.2 Å². The third-order valence-electron chi connectivity index (χ3n) is 4.49. The van der Waals surface area contributed by atoms with Crippen molar-refractivity contribution in [2.45, 2.75) is 13.0 Å². The van der Waals surface area contributed by atoms with E-state index in [1.165, 1.54) is 17.2 Å². The molecule has 12 nitrogen and oxygen atoms in total. The van der Waals surface area contributed by atoms with Gasteiger partial charge in [0.2, 0.25) is 11.8 Å². The van der Waals surface area contributed by atoms with Crippen LogP contribution in [0.4, 0.5) is 14.7 Å². The summed E-state index contributed by atoms with van der Waals surface area (Å²) in [6.07, 6.45) is -0.0604. The fraction of sp³-hybridized carbons (Fsp3) is 0.176. The van der Waals surface area contributed by atoms with Crippen LogP contribution in [0.1, 0.15) is 18.1 Å². The van der Waals surface area contributed by atoms with E-state index in [-0.39, 0.29) is 12.4 Å². The Hall–Kier alpha value is -4.36. The average Bonchev–Trinajstić information content (AvgIpc) is 3.49. The number of nitrogen functional groups attached to an aromatic ring is 1. The zero-order chi connectivity index (χ0) is 21.5. The van der Waals surface area contributed by atoms with Crippen LogP contribution < -0.4 is 5.73 Å². The number of imidazole rings is 1. The lowest BCUT2D eigenvalue weighted by atomic mass is 10.2. The highest BCUT2D eigenvalue weighted by molar-refractivity contribution is 5.82. The van der Waals surface area contributed by atoms with Crippen molar-refractivity contribution in [3.63, 3.8) is 0 Å². The van der Waals surface area contributed by atoms with E-state index in [9.17, 15) is 8.78 Å². The maximum Gasteiger partial charge on any atom is 0.314 e. The summed E-state index contributed by atoms with van der Waals surface area (Å²) in [7, 11) is 1.83. The number of nitrogens with zero attached hydrogens (tertiary/aromatic N) is 10. The number of halogens is 2. The normalized spacial score (nSPS) is 11.6. The Morgan fingerprint density at radius 1 is 1.10 bits per heavy atom. The number of benzene rings is 1. The molecule has 0 radical (unpaired) electrons. The maximum atomic E-state index is 12.6. The number of alkyl halides is 2. The molecule has 1 aromatic carbocycles. The number of rotatable bonds is 5. The first-order valence-corrected chi connectivity index (χ1v) is 8.91. The molecule has 2 N–H and O–H groups in total. The molecule has 0 atom stereocenters. The van der Waals surface area contributed by atoms with Crippen LogP contribution in [0.3, 0.4) is 0 Å². The molecule has 4 aromatic heterocycles. The van der Waals surface area contributed by atoms with Crippen molar-refractivity contribution in [1.82, 2.24) is 49.9 Å². The lowest BCUT2D eigenvalue weighted by molar-refractivity contribution is 0.116. The molecule has 0 unspecified atom stereocenters. The van der Waals surface area contributed by atoms with Gasteiger partial charge >= 0.3 is 6.43 Å². The van der Waals surface area contributed by atoms with Crippen LogP contribution in [0.25, 0.3) is 33.9 Å². The van der Waals surface area contributed by atoms with Crippen LogP contribution in [0.15, 0.2) is 35.0 Å². The number of hydrogen-bond donors (Lipinski definition) is 1. The van der Waals surface area contributed by atoms with Crippen molar-refractivity contribution in [2.24, 2.45) is 7.05 Å². The largest absolute Gasteiger partial charge is 0.415 e. The van der Waals surface area contributed by atoms with Crippen LogP contribution >= 0.6 is 0 Å². The van der Waals surface area contributed by atoms with Crippen molar-refractivity contribution >= 4 is 17.0 Å². The molecule has 4 heterocycles. The van der Waals surface area contributed by atoms with Gasteiger partial charge in [-0.1, -0.05) is 0 Å². The smallest absolute Gasteiger partial charge is 0.314 e. The van der Waals surface area contributed by atoms with Gasteiger partial charge in [-0.05, 0) is 23.4 Å². The van der Waals surface area contributed by atoms with Crippen LogP contribution in [-0.4, -0.2) is 49.9 Å². The lowest BCUT2D eigenvalue weighted by Gasteiger charge is -1.99. The minimum atomic E-state index is -2.84. The molecule has 5 aromatic rings. The summed E-state index contributed by atoms with van der Waals surface area (Å²) in [5, 5.41) is 19.2. The van der Waals surface area contributed by atoms with Gasteiger partial charge in [-0.25, -0.2) is 15.0 Å². The van der Waals surface area contributed by atoms with Crippen molar-refractivity contribution in [3.8, 4) is 22.8 Å². The number of anilines is 1. The molecule has 5 rings (SSSR count). The maximum absolute atomic E-state index is 12.6. The number of hydrogen-bond acceptors (Lipinski definition) is 10. The van der Waals surface area contributed by atoms with Gasteiger partial charge < -0.3 is 14.7 Å². The second-order valence-corrected chi connectivity index (χ2v) is 6.51. The third kappa shape index (κ3) is 3.43. The van der Waals surface area contributed by atoms with Crippen LogP contribution in [0, 0.1) is 0 Å². The summed E-state index contributed by atoms with van der Waals surface area (Å²) in [4.78, 5) is 13.9. The predicted molar refractivity (Wildman–Crippen MR) is 101 cm³/mol. The first-order valence-electron chi connectivity index (χ1n) is 8.91. The highest BCUT2D eigenvalue weighted by atomic mass is 19.3. The Kier molecular flexibility index (Phi) is 4.31. The minimum Gasteiger partial charge on any atom is -0.415 e. The molecule has 0 amide bonds. The summed E-state index contributed by atoms with van der Waals surface area (Å²) in [6.45, 7) is 0.151. The predicted octanol–water partition coefficient (Wildman–Crippen LogP) is 1.63. The Morgan fingerprint density at radius 3 is 2.65 bits per heavy atom. The molecule has 0 saturated carbocycles. The van der Waals surface area contributed by atoms with Gasteiger partial charge in [0.05, 0.1) is 16.6 Å². The zero-order valence-corrected chi connectivity index (χ0v) is 15.9. The molecular formula is C17H13F2N11O. The number of aromatic nitrogens is 10. The standard InChI is InChI=1S/C17H13F2N11O/c1-29-11-3-2-8(4-10(11)23-17(29)20)14-24-28-30(27-14)7-12-21-5-9(6-22-12)15-25-26-16(31-15)13(18)19/h2-6,13H,7H2,1H3,(H2,20,23). The van der Waals surface area contributed by atoms with Gasteiger partial charge in [-0.15, -0.1) is 20.4 Å². The van der Waals surface area contributed by atoms with E-state index >= 15 is 0 Å². The molecule has 0 spiro atoms. The zero-order valence-electron chi connectivity index (χ0n) is 15.9. The van der Waals surface area contributed by atoms with E-state index < -0.39 is 12.3 Å². The van der Waals surface area contributed by atoms with Crippen LogP contribution in [0.5, 0.6) is 0 Å². The number of aryl methyl sites for hydroxylation is 1. The van der Waals surface area contributed by atoms with E-state index in [1.54, 1.807) is 4.57 Å². The molecule has 31 heavy (non-hydrogen) atoms. The SMILES string of the molecule is Cn1c(N)nc2cc(-c3nnn(Cc4ncc(-c5nnc(C(F)F)o5)cn4)n3)ccc21. The van der Waals surface area contributed by atoms with Crippen LogP contribution in [-0.2, 0) is 13.6 Å². The highest BCUT2D eigenvalue weighted by Crippen LogP contribution is 2.23. The molecule has 0 saturated heterocycles. The minimum absolute atomic E-state index is 0.0893. The molecule has 0 aliphatic carbocycles. The summed E-state index contributed by atoms with van der Waals surface area (Å²) in [6, 6.07) is 5.57. The van der Waals surface area contributed by atoms with E-state index in [0.717, 1.165) is 16.6 Å². The fourth-order valence-corrected chi connectivity index (χ4v) is 2.90. The monoisotopic (exact) mass is 425 g/mol. The second kappa shape index (κ2) is 7.16. The molecule has 14 heteroatoms. The second-order valence-electron chi connectivity index (χ2n) is 6.51. The Bertz CT molecular complexity index is 1370. The first-order chi connectivity index (χ1) is 15.0. The quantitative estimate of drug-likeness (QED) is 0.440. The molecule has 0 aliphatic heterocycles. The molecule has 0 aliphatic rings. The Morgan fingerprint density at radius 2 is 1.90 bits per heavy atom. The fourth-order valence-electron chi connectivity index (χ4n) is 2.90.